The lowest BCUT2D eigenvalue weighted by atomic mass is 9.94. The Kier molecular flexibility index (Phi) is 6.24. The Bertz CT molecular complexity index is 1190. The molecule has 2 aliphatic heterocycles. The van der Waals surface area contributed by atoms with Gasteiger partial charge >= 0.3 is 0 Å². The van der Waals surface area contributed by atoms with Crippen LogP contribution in [0.1, 0.15) is 34.3 Å². The van der Waals surface area contributed by atoms with Gasteiger partial charge in [-0.15, -0.1) is 0 Å². The minimum atomic E-state index is 0.308. The molecule has 4 aromatic rings. The van der Waals surface area contributed by atoms with Crippen molar-refractivity contribution in [2.24, 2.45) is 0 Å². The van der Waals surface area contributed by atoms with E-state index in [2.05, 4.69) is 119 Å². The number of rotatable bonds is 4. The third kappa shape index (κ3) is 4.32. The fourth-order valence-electron chi connectivity index (χ4n) is 5.58. The molecule has 0 amide bonds. The van der Waals surface area contributed by atoms with Crippen LogP contribution in [0.2, 0.25) is 0 Å². The molecular formula is C31H30N2S. The summed E-state index contributed by atoms with van der Waals surface area (Å²) >= 11 is 1.93. The van der Waals surface area contributed by atoms with Crippen molar-refractivity contribution >= 4 is 11.8 Å². The van der Waals surface area contributed by atoms with Crippen LogP contribution in [0.4, 0.5) is 0 Å². The lowest BCUT2D eigenvalue weighted by Gasteiger charge is -2.43. The number of hydrogen-bond acceptors (Lipinski definition) is 3. The SMILES string of the molecule is c1ccc(C(c2ccccc2)N2CCN(C3Cc4ccccc4Sc4ccccc43)CC2)cc1. The Balaban J connectivity index is 1.27. The fourth-order valence-corrected chi connectivity index (χ4v) is 6.71. The van der Waals surface area contributed by atoms with Crippen molar-refractivity contribution in [2.75, 3.05) is 26.2 Å². The van der Waals surface area contributed by atoms with E-state index in [0.29, 0.717) is 12.1 Å². The van der Waals surface area contributed by atoms with Gasteiger partial charge in [0.05, 0.1) is 6.04 Å². The molecule has 1 saturated heterocycles. The molecule has 2 aliphatic rings. The first-order valence-corrected chi connectivity index (χ1v) is 13.1. The summed E-state index contributed by atoms with van der Waals surface area (Å²) in [5, 5.41) is 0. The maximum absolute atomic E-state index is 2.73. The summed E-state index contributed by atoms with van der Waals surface area (Å²) in [4.78, 5) is 8.22. The standard InChI is InChI=1S/C31H30N2S/c1-3-11-24(12-4-1)31(25-13-5-2-6-14-25)33-21-19-32(20-22-33)28-23-26-15-7-9-17-29(26)34-30-18-10-8-16-27(28)30/h1-18,28,31H,19-23H2. The van der Waals surface area contributed by atoms with Crippen molar-refractivity contribution < 1.29 is 0 Å². The average molecular weight is 463 g/mol. The highest BCUT2D eigenvalue weighted by Crippen LogP contribution is 2.43. The zero-order chi connectivity index (χ0) is 22.7. The number of piperazine rings is 1. The molecule has 4 aromatic carbocycles. The fraction of sp³-hybridized carbons (Fsp3) is 0.226. The van der Waals surface area contributed by atoms with E-state index in [4.69, 9.17) is 0 Å². The van der Waals surface area contributed by atoms with Crippen molar-refractivity contribution in [2.45, 2.75) is 28.3 Å². The van der Waals surface area contributed by atoms with Gasteiger partial charge in [-0.05, 0) is 40.8 Å². The Morgan fingerprint density at radius 3 is 1.82 bits per heavy atom. The first-order chi connectivity index (χ1) is 16.9. The largest absolute Gasteiger partial charge is 0.293 e. The van der Waals surface area contributed by atoms with Crippen LogP contribution < -0.4 is 0 Å². The van der Waals surface area contributed by atoms with Gasteiger partial charge in [-0.1, -0.05) is 109 Å². The monoisotopic (exact) mass is 462 g/mol. The number of nitrogens with zero attached hydrogens (tertiary/aromatic N) is 2. The minimum absolute atomic E-state index is 0.308. The van der Waals surface area contributed by atoms with Crippen LogP contribution in [0.25, 0.3) is 0 Å². The molecule has 0 aromatic heterocycles. The highest BCUT2D eigenvalue weighted by atomic mass is 32.2. The van der Waals surface area contributed by atoms with Crippen LogP contribution in [0.5, 0.6) is 0 Å². The number of hydrogen-bond donors (Lipinski definition) is 0. The summed E-state index contributed by atoms with van der Waals surface area (Å²) in [6.45, 7) is 4.31. The van der Waals surface area contributed by atoms with Crippen molar-refractivity contribution in [3.05, 3.63) is 131 Å². The molecule has 1 unspecified atom stereocenters. The van der Waals surface area contributed by atoms with Crippen LogP contribution in [0.15, 0.2) is 119 Å². The Hall–Kier alpha value is -2.85. The third-order valence-corrected chi connectivity index (χ3v) is 8.48. The molecule has 2 nitrogen and oxygen atoms in total. The van der Waals surface area contributed by atoms with Gasteiger partial charge in [0.15, 0.2) is 0 Å². The highest BCUT2D eigenvalue weighted by Gasteiger charge is 2.32. The first kappa shape index (κ1) is 21.7. The van der Waals surface area contributed by atoms with Gasteiger partial charge in [-0.3, -0.25) is 9.80 Å². The summed E-state index contributed by atoms with van der Waals surface area (Å²) in [5.41, 5.74) is 5.72. The van der Waals surface area contributed by atoms with Crippen molar-refractivity contribution in [1.29, 1.82) is 0 Å². The number of fused-ring (bicyclic) bond motifs is 2. The smallest absolute Gasteiger partial charge is 0.0602 e. The van der Waals surface area contributed by atoms with Gasteiger partial charge in [-0.2, -0.15) is 0 Å². The molecule has 1 fully saturated rings. The summed E-state index contributed by atoms with van der Waals surface area (Å²) in [5.74, 6) is 0. The van der Waals surface area contributed by atoms with E-state index in [1.165, 1.54) is 32.0 Å². The lowest BCUT2D eigenvalue weighted by Crippen LogP contribution is -2.49. The molecule has 3 heteroatoms. The van der Waals surface area contributed by atoms with E-state index in [9.17, 15) is 0 Å². The predicted molar refractivity (Wildman–Crippen MR) is 141 cm³/mol. The molecule has 0 saturated carbocycles. The van der Waals surface area contributed by atoms with Crippen molar-refractivity contribution in [3.8, 4) is 0 Å². The molecule has 34 heavy (non-hydrogen) atoms. The topological polar surface area (TPSA) is 6.48 Å². The number of benzene rings is 4. The molecular weight excluding hydrogens is 432 g/mol. The molecule has 0 spiro atoms. The first-order valence-electron chi connectivity index (χ1n) is 12.3. The van der Waals surface area contributed by atoms with Crippen molar-refractivity contribution in [3.63, 3.8) is 0 Å². The molecule has 0 bridgehead atoms. The van der Waals surface area contributed by atoms with Crippen LogP contribution in [0, 0.1) is 0 Å². The van der Waals surface area contributed by atoms with Gasteiger partial charge in [0.1, 0.15) is 0 Å². The van der Waals surface area contributed by atoms with Gasteiger partial charge < -0.3 is 0 Å². The van der Waals surface area contributed by atoms with E-state index in [1.807, 2.05) is 11.8 Å². The molecule has 0 aliphatic carbocycles. The van der Waals surface area contributed by atoms with Gasteiger partial charge in [0.25, 0.3) is 0 Å². The minimum Gasteiger partial charge on any atom is -0.293 e. The van der Waals surface area contributed by atoms with Crippen LogP contribution in [-0.2, 0) is 6.42 Å². The van der Waals surface area contributed by atoms with Crippen molar-refractivity contribution in [1.82, 2.24) is 9.80 Å². The molecule has 0 N–H and O–H groups in total. The average Bonchev–Trinajstić information content (AvgIpc) is 3.07. The van der Waals surface area contributed by atoms with Gasteiger partial charge in [-0.25, -0.2) is 0 Å². The van der Waals surface area contributed by atoms with Gasteiger partial charge in [0.2, 0.25) is 0 Å². The maximum Gasteiger partial charge on any atom is 0.0602 e. The molecule has 2 heterocycles. The zero-order valence-electron chi connectivity index (χ0n) is 19.4. The lowest BCUT2D eigenvalue weighted by molar-refractivity contribution is 0.0773. The Morgan fingerprint density at radius 2 is 1.15 bits per heavy atom. The van der Waals surface area contributed by atoms with Crippen LogP contribution in [-0.4, -0.2) is 36.0 Å². The quantitative estimate of drug-likeness (QED) is 0.328. The highest BCUT2D eigenvalue weighted by molar-refractivity contribution is 7.99. The van der Waals surface area contributed by atoms with Crippen LogP contribution in [0.3, 0.4) is 0 Å². The van der Waals surface area contributed by atoms with E-state index in [-0.39, 0.29) is 0 Å². The normalized spacial score (nSPS) is 18.8. The zero-order valence-corrected chi connectivity index (χ0v) is 20.2. The molecule has 0 radical (unpaired) electrons. The second-order valence-electron chi connectivity index (χ2n) is 9.26. The van der Waals surface area contributed by atoms with E-state index in [0.717, 1.165) is 32.6 Å². The summed E-state index contributed by atoms with van der Waals surface area (Å²) in [7, 11) is 0. The van der Waals surface area contributed by atoms with E-state index < -0.39 is 0 Å². The Labute approximate surface area is 207 Å². The summed E-state index contributed by atoms with van der Waals surface area (Å²) < 4.78 is 0. The molecule has 1 atom stereocenters. The van der Waals surface area contributed by atoms with E-state index >= 15 is 0 Å². The summed E-state index contributed by atoms with van der Waals surface area (Å²) in [6.07, 6.45) is 1.08. The third-order valence-electron chi connectivity index (χ3n) is 7.27. The second-order valence-corrected chi connectivity index (χ2v) is 10.3. The predicted octanol–water partition coefficient (Wildman–Crippen LogP) is 6.84. The maximum atomic E-state index is 2.73. The van der Waals surface area contributed by atoms with E-state index in [1.54, 1.807) is 0 Å². The second kappa shape index (κ2) is 9.79. The van der Waals surface area contributed by atoms with Gasteiger partial charge in [0, 0.05) is 42.0 Å². The molecule has 170 valence electrons. The van der Waals surface area contributed by atoms with Crippen LogP contribution >= 0.6 is 11.8 Å². The Morgan fingerprint density at radius 1 is 0.588 bits per heavy atom. The summed E-state index contributed by atoms with van der Waals surface area (Å²) in [6, 6.07) is 40.7. The molecule has 6 rings (SSSR count).